The maximum absolute atomic E-state index is 11.4. The third-order valence-corrected chi connectivity index (χ3v) is 5.34. The summed E-state index contributed by atoms with van der Waals surface area (Å²) in [4.78, 5) is 11.4. The molecule has 2 fully saturated rings. The molecule has 2 N–H and O–H groups in total. The first-order chi connectivity index (χ1) is 12.1. The van der Waals surface area contributed by atoms with Crippen molar-refractivity contribution in [3.8, 4) is 0 Å². The fraction of sp³-hybridized carbons (Fsp3) is 0.850. The first-order valence-corrected chi connectivity index (χ1v) is 9.98. The van der Waals surface area contributed by atoms with Gasteiger partial charge in [-0.2, -0.15) is 0 Å². The van der Waals surface area contributed by atoms with Crippen LogP contribution in [-0.2, 0) is 14.3 Å². The van der Waals surface area contributed by atoms with E-state index in [0.29, 0.717) is 6.42 Å². The molecule has 5 unspecified atom stereocenters. The van der Waals surface area contributed by atoms with E-state index in [1.165, 1.54) is 19.3 Å². The highest BCUT2D eigenvalue weighted by Crippen LogP contribution is 2.33. The molecule has 5 nitrogen and oxygen atoms in total. The largest absolute Gasteiger partial charge is 0.481 e. The normalized spacial score (nSPS) is 31.4. The van der Waals surface area contributed by atoms with Crippen LogP contribution in [0.5, 0.6) is 0 Å². The second-order valence-corrected chi connectivity index (χ2v) is 7.38. The van der Waals surface area contributed by atoms with Gasteiger partial charge in [0.1, 0.15) is 0 Å². The lowest BCUT2D eigenvalue weighted by molar-refractivity contribution is -0.179. The third-order valence-electron chi connectivity index (χ3n) is 5.34. The van der Waals surface area contributed by atoms with Crippen LogP contribution >= 0.6 is 0 Å². The molecule has 0 bridgehead atoms. The SMILES string of the molecule is CCCCCCC(C=CC1CCC(O)C1C(=O)O)OC1CCCCO1. The van der Waals surface area contributed by atoms with Gasteiger partial charge in [0.2, 0.25) is 0 Å². The summed E-state index contributed by atoms with van der Waals surface area (Å²) in [5.74, 6) is -1.71. The van der Waals surface area contributed by atoms with Crippen LogP contribution in [0.2, 0.25) is 0 Å². The highest BCUT2D eigenvalue weighted by Gasteiger charge is 2.38. The van der Waals surface area contributed by atoms with Crippen LogP contribution in [0.15, 0.2) is 12.2 Å². The van der Waals surface area contributed by atoms with E-state index in [1.807, 2.05) is 12.2 Å². The highest BCUT2D eigenvalue weighted by atomic mass is 16.7. The molecule has 1 aliphatic heterocycles. The molecule has 0 aromatic heterocycles. The molecule has 5 heteroatoms. The van der Waals surface area contributed by atoms with Gasteiger partial charge in [0.15, 0.2) is 6.29 Å². The summed E-state index contributed by atoms with van der Waals surface area (Å²) >= 11 is 0. The standard InChI is InChI=1S/C20H34O5/c1-2-3-4-5-8-16(25-18-9-6-7-14-24-18)12-10-15-11-13-17(21)19(15)20(22)23/h10,12,15-19,21H,2-9,11,13-14H2,1H3,(H,22,23). The van der Waals surface area contributed by atoms with Crippen LogP contribution in [0.1, 0.15) is 71.1 Å². The zero-order chi connectivity index (χ0) is 18.1. The van der Waals surface area contributed by atoms with Gasteiger partial charge >= 0.3 is 5.97 Å². The van der Waals surface area contributed by atoms with Crippen LogP contribution in [-0.4, -0.2) is 41.3 Å². The molecule has 0 radical (unpaired) electrons. The molecule has 0 spiro atoms. The second kappa shape index (κ2) is 10.9. The fourth-order valence-corrected chi connectivity index (χ4v) is 3.83. The Balaban J connectivity index is 1.91. The van der Waals surface area contributed by atoms with Gasteiger partial charge < -0.3 is 19.7 Å². The number of ether oxygens (including phenoxy) is 2. The zero-order valence-corrected chi connectivity index (χ0v) is 15.4. The number of hydrogen-bond acceptors (Lipinski definition) is 4. The predicted octanol–water partition coefficient (Wildman–Crippen LogP) is 3.90. The minimum Gasteiger partial charge on any atom is -0.481 e. The zero-order valence-electron chi connectivity index (χ0n) is 15.4. The van der Waals surface area contributed by atoms with Crippen LogP contribution in [0.4, 0.5) is 0 Å². The van der Waals surface area contributed by atoms with Crippen LogP contribution in [0, 0.1) is 11.8 Å². The van der Waals surface area contributed by atoms with E-state index in [2.05, 4.69) is 6.92 Å². The number of rotatable bonds is 10. The Hall–Kier alpha value is -0.910. The molecule has 144 valence electrons. The molecule has 1 aliphatic carbocycles. The van der Waals surface area contributed by atoms with Crippen molar-refractivity contribution in [3.05, 3.63) is 12.2 Å². The Bertz CT molecular complexity index is 416. The number of carboxylic acid groups (broad SMARTS) is 1. The Morgan fingerprint density at radius 1 is 1.24 bits per heavy atom. The highest BCUT2D eigenvalue weighted by molar-refractivity contribution is 5.72. The summed E-state index contributed by atoms with van der Waals surface area (Å²) in [6.45, 7) is 2.95. The quantitative estimate of drug-likeness (QED) is 0.460. The molecule has 2 aliphatic rings. The average Bonchev–Trinajstić information content (AvgIpc) is 2.98. The molecule has 0 amide bonds. The lowest BCUT2D eigenvalue weighted by atomic mass is 9.93. The van der Waals surface area contributed by atoms with Gasteiger partial charge in [-0.15, -0.1) is 0 Å². The summed E-state index contributed by atoms with van der Waals surface area (Å²) in [6, 6.07) is 0. The Kier molecular flexibility index (Phi) is 8.93. The van der Waals surface area contributed by atoms with E-state index in [1.54, 1.807) is 0 Å². The molecule has 1 saturated carbocycles. The third kappa shape index (κ3) is 6.72. The van der Waals surface area contributed by atoms with E-state index in [9.17, 15) is 15.0 Å². The summed E-state index contributed by atoms with van der Waals surface area (Å²) in [6.07, 6.45) is 13.2. The van der Waals surface area contributed by atoms with Crippen LogP contribution in [0.3, 0.4) is 0 Å². The van der Waals surface area contributed by atoms with Crippen molar-refractivity contribution >= 4 is 5.97 Å². The van der Waals surface area contributed by atoms with Gasteiger partial charge in [0.25, 0.3) is 0 Å². The topological polar surface area (TPSA) is 76.0 Å². The molecule has 5 atom stereocenters. The van der Waals surface area contributed by atoms with Crippen molar-refractivity contribution in [2.75, 3.05) is 6.61 Å². The second-order valence-electron chi connectivity index (χ2n) is 7.38. The van der Waals surface area contributed by atoms with Crippen molar-refractivity contribution in [1.29, 1.82) is 0 Å². The molecule has 1 saturated heterocycles. The number of carbonyl (C=O) groups is 1. The minimum atomic E-state index is -0.907. The van der Waals surface area contributed by atoms with Crippen molar-refractivity contribution in [1.82, 2.24) is 0 Å². The molecular weight excluding hydrogens is 320 g/mol. The summed E-state index contributed by atoms with van der Waals surface area (Å²) in [7, 11) is 0. The Morgan fingerprint density at radius 3 is 2.76 bits per heavy atom. The van der Waals surface area contributed by atoms with Gasteiger partial charge in [-0.1, -0.05) is 44.8 Å². The minimum absolute atomic E-state index is 0.0351. The number of hydrogen-bond donors (Lipinski definition) is 2. The van der Waals surface area contributed by atoms with E-state index < -0.39 is 18.0 Å². The maximum atomic E-state index is 11.4. The number of carboxylic acids is 1. The molecule has 1 heterocycles. The Labute approximate surface area is 151 Å². The monoisotopic (exact) mass is 354 g/mol. The first-order valence-electron chi connectivity index (χ1n) is 9.98. The van der Waals surface area contributed by atoms with Gasteiger partial charge in [-0.25, -0.2) is 0 Å². The molecule has 0 aromatic rings. The average molecular weight is 354 g/mol. The van der Waals surface area contributed by atoms with E-state index in [4.69, 9.17) is 9.47 Å². The summed E-state index contributed by atoms with van der Waals surface area (Å²) in [5, 5.41) is 19.2. The Morgan fingerprint density at radius 2 is 2.08 bits per heavy atom. The van der Waals surface area contributed by atoms with Crippen molar-refractivity contribution in [2.24, 2.45) is 11.8 Å². The predicted molar refractivity (Wildman–Crippen MR) is 96.2 cm³/mol. The number of aliphatic hydroxyl groups excluding tert-OH is 1. The molecule has 0 aromatic carbocycles. The van der Waals surface area contributed by atoms with E-state index in [-0.39, 0.29) is 18.3 Å². The van der Waals surface area contributed by atoms with Gasteiger partial charge in [0.05, 0.1) is 18.1 Å². The number of allylic oxidation sites excluding steroid dienone is 1. The van der Waals surface area contributed by atoms with E-state index >= 15 is 0 Å². The fourth-order valence-electron chi connectivity index (χ4n) is 3.83. The van der Waals surface area contributed by atoms with Crippen LogP contribution < -0.4 is 0 Å². The summed E-state index contributed by atoms with van der Waals surface area (Å²) < 4.78 is 11.8. The smallest absolute Gasteiger partial charge is 0.309 e. The van der Waals surface area contributed by atoms with Crippen molar-refractivity contribution in [3.63, 3.8) is 0 Å². The number of unbranched alkanes of at least 4 members (excludes halogenated alkanes) is 3. The van der Waals surface area contributed by atoms with Gasteiger partial charge in [0, 0.05) is 6.61 Å². The molecule has 25 heavy (non-hydrogen) atoms. The lowest BCUT2D eigenvalue weighted by Crippen LogP contribution is -2.28. The van der Waals surface area contributed by atoms with E-state index in [0.717, 1.165) is 45.1 Å². The lowest BCUT2D eigenvalue weighted by Gasteiger charge is -2.27. The van der Waals surface area contributed by atoms with Crippen molar-refractivity contribution in [2.45, 2.75) is 89.6 Å². The molecule has 2 rings (SSSR count). The van der Waals surface area contributed by atoms with Crippen molar-refractivity contribution < 1.29 is 24.5 Å². The summed E-state index contributed by atoms with van der Waals surface area (Å²) in [5.41, 5.74) is 0. The number of aliphatic hydroxyl groups is 1. The number of aliphatic carboxylic acids is 1. The van der Waals surface area contributed by atoms with Gasteiger partial charge in [-0.3, -0.25) is 4.79 Å². The first kappa shape index (κ1) is 20.4. The molecular formula is C20H34O5. The van der Waals surface area contributed by atoms with Crippen LogP contribution in [0.25, 0.3) is 0 Å². The maximum Gasteiger partial charge on any atom is 0.309 e. The van der Waals surface area contributed by atoms with Gasteiger partial charge in [-0.05, 0) is 44.4 Å².